The number of hydrogen-bond acceptors (Lipinski definition) is 4. The van der Waals surface area contributed by atoms with Crippen LogP contribution in [0.25, 0.3) is 0 Å². The number of nitrogens with one attached hydrogen (secondary N) is 2. The molecule has 3 aliphatic rings. The summed E-state index contributed by atoms with van der Waals surface area (Å²) in [5.41, 5.74) is 2.77. The van der Waals surface area contributed by atoms with Gasteiger partial charge in [-0.15, -0.1) is 0 Å². The normalized spacial score (nSPS) is 28.9. The second kappa shape index (κ2) is 8.94. The van der Waals surface area contributed by atoms with Gasteiger partial charge in [0, 0.05) is 29.8 Å². The van der Waals surface area contributed by atoms with E-state index in [4.69, 9.17) is 0 Å². The van der Waals surface area contributed by atoms with Gasteiger partial charge in [-0.2, -0.15) is 0 Å². The van der Waals surface area contributed by atoms with E-state index in [0.717, 1.165) is 43.4 Å². The Morgan fingerprint density at radius 2 is 1.75 bits per heavy atom. The van der Waals surface area contributed by atoms with Crippen molar-refractivity contribution >= 4 is 17.5 Å². The van der Waals surface area contributed by atoms with Gasteiger partial charge >= 0.3 is 0 Å². The summed E-state index contributed by atoms with van der Waals surface area (Å²) in [5.74, 6) is 0.0238. The van der Waals surface area contributed by atoms with Crippen LogP contribution in [-0.4, -0.2) is 47.1 Å². The Bertz CT molecular complexity index is 979. The molecule has 1 saturated heterocycles. The minimum Gasteiger partial charge on any atom is -0.394 e. The first-order chi connectivity index (χ1) is 15.7. The smallest absolute Gasteiger partial charge is 0.251 e. The molecule has 2 heterocycles. The van der Waals surface area contributed by atoms with E-state index < -0.39 is 0 Å². The summed E-state index contributed by atoms with van der Waals surface area (Å²) in [7, 11) is 0. The molecule has 0 bridgehead atoms. The van der Waals surface area contributed by atoms with Crippen LogP contribution in [0.4, 0.5) is 5.69 Å². The molecule has 1 aliphatic carbocycles. The van der Waals surface area contributed by atoms with Crippen LogP contribution in [0.3, 0.4) is 0 Å². The zero-order chi connectivity index (χ0) is 22.1. The molecule has 6 nitrogen and oxygen atoms in total. The fourth-order valence-electron chi connectivity index (χ4n) is 5.91. The molecule has 32 heavy (non-hydrogen) atoms. The summed E-state index contributed by atoms with van der Waals surface area (Å²) in [6, 6.07) is 17.1. The Morgan fingerprint density at radius 3 is 2.56 bits per heavy atom. The average molecular weight is 434 g/mol. The summed E-state index contributed by atoms with van der Waals surface area (Å²) in [6.07, 6.45) is 4.53. The molecular formula is C26H31N3O3. The van der Waals surface area contributed by atoms with Crippen LogP contribution in [0.5, 0.6) is 0 Å². The molecule has 1 saturated carbocycles. The van der Waals surface area contributed by atoms with Gasteiger partial charge < -0.3 is 20.6 Å². The maximum absolute atomic E-state index is 13.9. The van der Waals surface area contributed by atoms with E-state index in [9.17, 15) is 14.7 Å². The Morgan fingerprint density at radius 1 is 1.00 bits per heavy atom. The van der Waals surface area contributed by atoms with Gasteiger partial charge in [-0.3, -0.25) is 9.59 Å². The van der Waals surface area contributed by atoms with Gasteiger partial charge in [0.2, 0.25) is 5.91 Å². The Kier molecular flexibility index (Phi) is 5.87. The highest BCUT2D eigenvalue weighted by Gasteiger charge is 2.47. The summed E-state index contributed by atoms with van der Waals surface area (Å²) < 4.78 is 0. The van der Waals surface area contributed by atoms with Crippen LogP contribution >= 0.6 is 0 Å². The third kappa shape index (κ3) is 3.77. The van der Waals surface area contributed by atoms with Crippen LogP contribution in [0.2, 0.25) is 0 Å². The van der Waals surface area contributed by atoms with E-state index >= 15 is 0 Å². The number of hydrogen-bond donors (Lipinski definition) is 3. The van der Waals surface area contributed by atoms with Crippen LogP contribution in [0.1, 0.15) is 54.1 Å². The zero-order valence-corrected chi connectivity index (χ0v) is 18.2. The molecule has 168 valence electrons. The van der Waals surface area contributed by atoms with E-state index in [0.29, 0.717) is 12.1 Å². The molecule has 2 fully saturated rings. The van der Waals surface area contributed by atoms with Gasteiger partial charge in [0.1, 0.15) is 0 Å². The van der Waals surface area contributed by atoms with Crippen molar-refractivity contribution in [2.75, 3.05) is 18.5 Å². The lowest BCUT2D eigenvalue weighted by Crippen LogP contribution is -2.50. The van der Waals surface area contributed by atoms with Crippen molar-refractivity contribution in [3.05, 3.63) is 65.7 Å². The summed E-state index contributed by atoms with van der Waals surface area (Å²) in [6.45, 7) is 0.743. The van der Waals surface area contributed by atoms with Crippen molar-refractivity contribution in [3.63, 3.8) is 0 Å². The molecule has 5 atom stereocenters. The number of rotatable bonds is 4. The highest BCUT2D eigenvalue weighted by molar-refractivity contribution is 5.94. The number of aliphatic hydroxyl groups excluding tert-OH is 1. The van der Waals surface area contributed by atoms with E-state index in [-0.39, 0.29) is 48.4 Å². The lowest BCUT2D eigenvalue weighted by molar-refractivity contribution is -0.139. The van der Waals surface area contributed by atoms with Crippen LogP contribution in [0, 0.1) is 11.8 Å². The van der Waals surface area contributed by atoms with Crippen LogP contribution in [-0.2, 0) is 4.79 Å². The average Bonchev–Trinajstić information content (AvgIpc) is 3.29. The molecule has 0 spiro atoms. The second-order valence-corrected chi connectivity index (χ2v) is 9.29. The molecule has 3 N–H and O–H groups in total. The first kappa shape index (κ1) is 21.0. The number of benzene rings is 2. The van der Waals surface area contributed by atoms with E-state index in [2.05, 4.69) is 16.7 Å². The molecule has 2 aromatic carbocycles. The fraction of sp³-hybridized carbons (Fsp3) is 0.462. The number of para-hydroxylation sites is 1. The highest BCUT2D eigenvalue weighted by atomic mass is 16.3. The number of carbonyl (C=O) groups excluding carboxylic acids is 2. The Balaban J connectivity index is 1.38. The SMILES string of the molecule is O=C(N[C@@H]1CCCC[C@@H]1C(=O)N1CC[C@@H]2[C@H]1c1ccccc1N[C@@H]2CO)c1ccccc1. The topological polar surface area (TPSA) is 81.7 Å². The van der Waals surface area contributed by atoms with Gasteiger partial charge in [-0.05, 0) is 43.0 Å². The monoisotopic (exact) mass is 433 g/mol. The van der Waals surface area contributed by atoms with Crippen LogP contribution in [0.15, 0.2) is 54.6 Å². The van der Waals surface area contributed by atoms with Crippen molar-refractivity contribution in [2.24, 2.45) is 11.8 Å². The number of amides is 2. The number of likely N-dealkylation sites (tertiary alicyclic amines) is 1. The third-order valence-electron chi connectivity index (χ3n) is 7.50. The van der Waals surface area contributed by atoms with Gasteiger partial charge in [-0.25, -0.2) is 0 Å². The maximum atomic E-state index is 13.9. The van der Waals surface area contributed by atoms with Crippen molar-refractivity contribution in [3.8, 4) is 0 Å². The minimum atomic E-state index is -0.204. The predicted octanol–water partition coefficient (Wildman–Crippen LogP) is 3.35. The molecule has 0 aromatic heterocycles. The predicted molar refractivity (Wildman–Crippen MR) is 123 cm³/mol. The van der Waals surface area contributed by atoms with Crippen LogP contribution < -0.4 is 10.6 Å². The van der Waals surface area contributed by atoms with Gasteiger partial charge in [0.25, 0.3) is 5.91 Å². The molecule has 0 radical (unpaired) electrons. The first-order valence-electron chi connectivity index (χ1n) is 11.8. The molecule has 2 amide bonds. The number of anilines is 1. The first-order valence-corrected chi connectivity index (χ1v) is 11.8. The summed E-state index contributed by atoms with van der Waals surface area (Å²) in [4.78, 5) is 28.7. The third-order valence-corrected chi connectivity index (χ3v) is 7.50. The largest absolute Gasteiger partial charge is 0.394 e. The molecular weight excluding hydrogens is 402 g/mol. The quantitative estimate of drug-likeness (QED) is 0.691. The molecule has 0 unspecified atom stereocenters. The van der Waals surface area contributed by atoms with E-state index in [1.54, 1.807) is 12.1 Å². The van der Waals surface area contributed by atoms with Gasteiger partial charge in [0.05, 0.1) is 24.6 Å². The van der Waals surface area contributed by atoms with Crippen molar-refractivity contribution in [1.29, 1.82) is 0 Å². The standard InChI is InChI=1S/C26H31N3O3/c30-16-23-19-14-15-29(24(19)18-10-4-6-12-21(18)27-23)26(32)20-11-5-7-13-22(20)28-25(31)17-8-2-1-3-9-17/h1-4,6,8-10,12,19-20,22-24,27,30H,5,7,11,13-16H2,(H,28,31)/t19-,20-,22+,23+,24+/m0/s1. The molecule has 2 aliphatic heterocycles. The fourth-order valence-corrected chi connectivity index (χ4v) is 5.91. The number of aliphatic hydroxyl groups is 1. The second-order valence-electron chi connectivity index (χ2n) is 9.29. The Labute approximate surface area is 189 Å². The minimum absolute atomic E-state index is 0.0236. The lowest BCUT2D eigenvalue weighted by Gasteiger charge is -2.41. The summed E-state index contributed by atoms with van der Waals surface area (Å²) in [5, 5.41) is 16.6. The lowest BCUT2D eigenvalue weighted by atomic mass is 9.81. The van der Waals surface area contributed by atoms with Gasteiger partial charge in [-0.1, -0.05) is 49.2 Å². The number of nitrogens with zero attached hydrogens (tertiary/aromatic N) is 1. The molecule has 5 rings (SSSR count). The number of fused-ring (bicyclic) bond motifs is 3. The number of carbonyl (C=O) groups is 2. The van der Waals surface area contributed by atoms with Gasteiger partial charge in [0.15, 0.2) is 0 Å². The molecule has 2 aromatic rings. The van der Waals surface area contributed by atoms with E-state index in [1.165, 1.54) is 0 Å². The highest BCUT2D eigenvalue weighted by Crippen LogP contribution is 2.47. The van der Waals surface area contributed by atoms with E-state index in [1.807, 2.05) is 41.3 Å². The molecule has 6 heteroatoms. The Hall–Kier alpha value is -2.86. The maximum Gasteiger partial charge on any atom is 0.251 e. The van der Waals surface area contributed by atoms with Crippen molar-refractivity contribution < 1.29 is 14.7 Å². The zero-order valence-electron chi connectivity index (χ0n) is 18.2. The summed E-state index contributed by atoms with van der Waals surface area (Å²) >= 11 is 0. The van der Waals surface area contributed by atoms with Crippen molar-refractivity contribution in [1.82, 2.24) is 10.2 Å². The van der Waals surface area contributed by atoms with Crippen molar-refractivity contribution in [2.45, 2.75) is 50.2 Å².